The standard InChI is InChI=1S/C17H25N2OP/c1-6-13-9-16(18-11-13)14-7-8-15(12-19(2)3)17(10-14)21(4,5)20/h7-11,18H,6,12H2,1-5H3. The highest BCUT2D eigenvalue weighted by Gasteiger charge is 2.18. The second-order valence-corrected chi connectivity index (χ2v) is 9.39. The molecule has 0 spiro atoms. The van der Waals surface area contributed by atoms with E-state index in [1.54, 1.807) is 0 Å². The first-order valence-corrected chi connectivity index (χ1v) is 9.92. The first-order valence-electron chi connectivity index (χ1n) is 7.32. The van der Waals surface area contributed by atoms with Gasteiger partial charge in [0.25, 0.3) is 0 Å². The average Bonchev–Trinajstić information content (AvgIpc) is 2.86. The van der Waals surface area contributed by atoms with Crippen LogP contribution in [0, 0.1) is 0 Å². The number of aromatic amines is 1. The van der Waals surface area contributed by atoms with Gasteiger partial charge < -0.3 is 14.4 Å². The van der Waals surface area contributed by atoms with Gasteiger partial charge in [0.1, 0.15) is 7.14 Å². The van der Waals surface area contributed by atoms with E-state index in [4.69, 9.17) is 0 Å². The molecule has 2 aromatic rings. The number of rotatable bonds is 5. The average molecular weight is 304 g/mol. The van der Waals surface area contributed by atoms with E-state index in [-0.39, 0.29) is 0 Å². The summed E-state index contributed by atoms with van der Waals surface area (Å²) >= 11 is 0. The number of nitrogens with zero attached hydrogens (tertiary/aromatic N) is 1. The molecular weight excluding hydrogens is 279 g/mol. The quantitative estimate of drug-likeness (QED) is 0.858. The third-order valence-electron chi connectivity index (χ3n) is 3.61. The van der Waals surface area contributed by atoms with Gasteiger partial charge in [-0.25, -0.2) is 0 Å². The molecule has 0 amide bonds. The minimum atomic E-state index is -2.30. The summed E-state index contributed by atoms with van der Waals surface area (Å²) < 4.78 is 12.6. The molecule has 0 atom stereocenters. The molecule has 0 bridgehead atoms. The van der Waals surface area contributed by atoms with E-state index in [1.165, 1.54) is 5.56 Å². The minimum Gasteiger partial charge on any atom is -0.361 e. The first-order chi connectivity index (χ1) is 9.81. The smallest absolute Gasteiger partial charge is 0.110 e. The number of nitrogens with one attached hydrogen (secondary N) is 1. The summed E-state index contributed by atoms with van der Waals surface area (Å²) in [4.78, 5) is 5.42. The molecule has 114 valence electrons. The summed E-state index contributed by atoms with van der Waals surface area (Å²) in [5, 5.41) is 0.987. The summed E-state index contributed by atoms with van der Waals surface area (Å²) in [5.74, 6) is 0. The Balaban J connectivity index is 2.48. The molecule has 0 aliphatic carbocycles. The fourth-order valence-corrected chi connectivity index (χ4v) is 3.80. The van der Waals surface area contributed by atoms with Crippen LogP contribution in [0.3, 0.4) is 0 Å². The molecule has 0 aliphatic rings. The van der Waals surface area contributed by atoms with E-state index in [0.717, 1.165) is 35.1 Å². The monoisotopic (exact) mass is 304 g/mol. The van der Waals surface area contributed by atoms with Gasteiger partial charge in [0.15, 0.2) is 0 Å². The van der Waals surface area contributed by atoms with Crippen LogP contribution in [0.5, 0.6) is 0 Å². The molecule has 1 N–H and O–H groups in total. The van der Waals surface area contributed by atoms with Crippen LogP contribution in [0.2, 0.25) is 0 Å². The lowest BCUT2D eigenvalue weighted by atomic mass is 10.1. The summed E-state index contributed by atoms with van der Waals surface area (Å²) in [6.07, 6.45) is 3.06. The van der Waals surface area contributed by atoms with Crippen LogP contribution in [0.4, 0.5) is 0 Å². The lowest BCUT2D eigenvalue weighted by Crippen LogP contribution is -2.19. The van der Waals surface area contributed by atoms with Crippen LogP contribution in [0.1, 0.15) is 18.1 Å². The van der Waals surface area contributed by atoms with Crippen molar-refractivity contribution in [3.63, 3.8) is 0 Å². The van der Waals surface area contributed by atoms with Crippen molar-refractivity contribution in [1.29, 1.82) is 0 Å². The van der Waals surface area contributed by atoms with Gasteiger partial charge in [-0.05, 0) is 62.7 Å². The van der Waals surface area contributed by atoms with Crippen molar-refractivity contribution in [3.8, 4) is 11.3 Å². The van der Waals surface area contributed by atoms with Crippen LogP contribution in [0.25, 0.3) is 11.3 Å². The maximum Gasteiger partial charge on any atom is 0.110 e. The second-order valence-electron chi connectivity index (χ2n) is 6.21. The summed E-state index contributed by atoms with van der Waals surface area (Å²) in [5.41, 5.74) is 4.65. The highest BCUT2D eigenvalue weighted by molar-refractivity contribution is 7.70. The molecule has 2 rings (SSSR count). The molecule has 1 aromatic carbocycles. The van der Waals surface area contributed by atoms with Gasteiger partial charge in [-0.2, -0.15) is 0 Å². The van der Waals surface area contributed by atoms with Crippen molar-refractivity contribution in [2.45, 2.75) is 19.9 Å². The van der Waals surface area contributed by atoms with Crippen molar-refractivity contribution < 1.29 is 4.57 Å². The molecule has 0 saturated heterocycles. The number of H-pyrrole nitrogens is 1. The van der Waals surface area contributed by atoms with E-state index >= 15 is 0 Å². The maximum atomic E-state index is 12.6. The van der Waals surface area contributed by atoms with Crippen LogP contribution >= 0.6 is 7.14 Å². The molecule has 0 radical (unpaired) electrons. The van der Waals surface area contributed by atoms with Crippen LogP contribution < -0.4 is 5.30 Å². The van der Waals surface area contributed by atoms with Crippen LogP contribution in [-0.2, 0) is 17.5 Å². The molecule has 0 aliphatic heterocycles. The summed E-state index contributed by atoms with van der Waals surface area (Å²) in [7, 11) is 1.77. The van der Waals surface area contributed by atoms with Crippen molar-refractivity contribution in [3.05, 3.63) is 41.6 Å². The van der Waals surface area contributed by atoms with E-state index in [2.05, 4.69) is 41.1 Å². The Bertz CT molecular complexity index is 667. The Morgan fingerprint density at radius 1 is 1.19 bits per heavy atom. The summed E-state index contributed by atoms with van der Waals surface area (Å²) in [6, 6.07) is 8.48. The third kappa shape index (κ3) is 3.87. The number of hydrogen-bond acceptors (Lipinski definition) is 2. The Morgan fingerprint density at radius 3 is 2.43 bits per heavy atom. The van der Waals surface area contributed by atoms with Crippen LogP contribution in [-0.4, -0.2) is 37.3 Å². The zero-order valence-electron chi connectivity index (χ0n) is 13.6. The van der Waals surface area contributed by atoms with Gasteiger partial charge in [0.2, 0.25) is 0 Å². The summed E-state index contributed by atoms with van der Waals surface area (Å²) in [6.45, 7) is 6.64. The Labute approximate surface area is 127 Å². The molecule has 0 saturated carbocycles. The number of hydrogen-bond donors (Lipinski definition) is 1. The highest BCUT2D eigenvalue weighted by Crippen LogP contribution is 2.37. The lowest BCUT2D eigenvalue weighted by Gasteiger charge is -2.18. The topological polar surface area (TPSA) is 36.1 Å². The molecule has 0 fully saturated rings. The zero-order chi connectivity index (χ0) is 15.6. The number of aromatic nitrogens is 1. The Morgan fingerprint density at radius 2 is 1.90 bits per heavy atom. The Kier molecular flexibility index (Phi) is 4.75. The van der Waals surface area contributed by atoms with Gasteiger partial charge in [-0.15, -0.1) is 0 Å². The third-order valence-corrected chi connectivity index (χ3v) is 5.19. The fourth-order valence-electron chi connectivity index (χ4n) is 2.52. The van der Waals surface area contributed by atoms with Crippen molar-refractivity contribution >= 4 is 12.4 Å². The molecule has 21 heavy (non-hydrogen) atoms. The number of benzene rings is 1. The van der Waals surface area contributed by atoms with Crippen LogP contribution in [0.15, 0.2) is 30.5 Å². The largest absolute Gasteiger partial charge is 0.361 e. The minimum absolute atomic E-state index is 0.812. The SMILES string of the molecule is CCc1c[nH]c(-c2ccc(CN(C)C)c(P(C)(C)=O)c2)c1. The van der Waals surface area contributed by atoms with Crippen molar-refractivity contribution in [2.24, 2.45) is 0 Å². The molecule has 3 nitrogen and oxygen atoms in total. The molecule has 4 heteroatoms. The Hall–Kier alpha value is -1.31. The lowest BCUT2D eigenvalue weighted by molar-refractivity contribution is 0.403. The van der Waals surface area contributed by atoms with Gasteiger partial charge in [-0.3, -0.25) is 0 Å². The predicted molar refractivity (Wildman–Crippen MR) is 92.1 cm³/mol. The van der Waals surface area contributed by atoms with E-state index in [1.807, 2.05) is 33.6 Å². The van der Waals surface area contributed by atoms with Gasteiger partial charge in [0, 0.05) is 23.7 Å². The van der Waals surface area contributed by atoms with Gasteiger partial charge in [0.05, 0.1) is 0 Å². The zero-order valence-corrected chi connectivity index (χ0v) is 14.5. The fraction of sp³-hybridized carbons (Fsp3) is 0.412. The second kappa shape index (κ2) is 6.21. The first kappa shape index (κ1) is 16.1. The maximum absolute atomic E-state index is 12.6. The predicted octanol–water partition coefficient (Wildman–Crippen LogP) is 3.55. The molecular formula is C17H25N2OP. The number of aryl methyl sites for hydroxylation is 1. The molecule has 1 aromatic heterocycles. The van der Waals surface area contributed by atoms with E-state index < -0.39 is 7.14 Å². The van der Waals surface area contributed by atoms with E-state index in [9.17, 15) is 4.57 Å². The van der Waals surface area contributed by atoms with Gasteiger partial charge in [-0.1, -0.05) is 19.1 Å². The van der Waals surface area contributed by atoms with Gasteiger partial charge >= 0.3 is 0 Å². The van der Waals surface area contributed by atoms with Crippen molar-refractivity contribution in [2.75, 3.05) is 27.4 Å². The molecule has 1 heterocycles. The van der Waals surface area contributed by atoms with Crippen molar-refractivity contribution in [1.82, 2.24) is 9.88 Å². The van der Waals surface area contributed by atoms with E-state index in [0.29, 0.717) is 0 Å². The highest BCUT2D eigenvalue weighted by atomic mass is 31.2. The molecule has 0 unspecified atom stereocenters. The normalized spacial score (nSPS) is 12.1.